The minimum absolute atomic E-state index is 0.0164. The number of benzene rings is 1. The smallest absolute Gasteiger partial charge is 0.228 e. The Hall–Kier alpha value is -1.55. The first kappa shape index (κ1) is 15.8. The number of rotatable bonds is 5. The van der Waals surface area contributed by atoms with Crippen LogP contribution in [-0.4, -0.2) is 17.9 Å². The Bertz CT molecular complexity index is 559. The number of hydrogen-bond donors (Lipinski definition) is 2. The lowest BCUT2D eigenvalue weighted by Gasteiger charge is -2.11. The molecular formula is C16H21ClN2O2. The van der Waals surface area contributed by atoms with Crippen LogP contribution in [0.1, 0.15) is 32.3 Å². The second-order valence-electron chi connectivity index (χ2n) is 5.72. The van der Waals surface area contributed by atoms with Crippen molar-refractivity contribution >= 4 is 29.1 Å². The first-order valence-corrected chi connectivity index (χ1v) is 7.67. The maximum Gasteiger partial charge on any atom is 0.228 e. The van der Waals surface area contributed by atoms with Crippen molar-refractivity contribution < 1.29 is 9.59 Å². The van der Waals surface area contributed by atoms with Gasteiger partial charge in [-0.25, -0.2) is 0 Å². The van der Waals surface area contributed by atoms with Gasteiger partial charge in [0.25, 0.3) is 0 Å². The van der Waals surface area contributed by atoms with Crippen molar-refractivity contribution in [3.8, 4) is 0 Å². The molecule has 3 atom stereocenters. The normalized spacial score (nSPS) is 21.5. The molecule has 0 spiro atoms. The first-order chi connectivity index (χ1) is 9.92. The minimum atomic E-state index is -0.218. The van der Waals surface area contributed by atoms with E-state index in [0.717, 1.165) is 17.7 Å². The summed E-state index contributed by atoms with van der Waals surface area (Å²) in [5, 5.41) is 6.44. The Morgan fingerprint density at radius 1 is 1.33 bits per heavy atom. The van der Waals surface area contributed by atoms with E-state index in [-0.39, 0.29) is 29.7 Å². The van der Waals surface area contributed by atoms with Crippen LogP contribution in [0, 0.1) is 18.8 Å². The van der Waals surface area contributed by atoms with Gasteiger partial charge in [-0.1, -0.05) is 18.5 Å². The number of amides is 2. The molecule has 0 aromatic heterocycles. The first-order valence-electron chi connectivity index (χ1n) is 7.29. The van der Waals surface area contributed by atoms with Crippen LogP contribution < -0.4 is 10.6 Å². The number of nitrogens with one attached hydrogen (secondary N) is 2. The van der Waals surface area contributed by atoms with Gasteiger partial charge in [0.2, 0.25) is 11.8 Å². The second-order valence-corrected chi connectivity index (χ2v) is 6.15. The largest absolute Gasteiger partial charge is 0.353 e. The van der Waals surface area contributed by atoms with E-state index in [1.54, 1.807) is 18.2 Å². The molecule has 3 unspecified atom stereocenters. The van der Waals surface area contributed by atoms with Gasteiger partial charge in [0, 0.05) is 16.8 Å². The molecule has 5 heteroatoms. The Balaban J connectivity index is 1.90. The average Bonchev–Trinajstić information content (AvgIpc) is 3.22. The molecule has 1 aromatic rings. The van der Waals surface area contributed by atoms with Crippen molar-refractivity contribution in [2.45, 2.75) is 39.7 Å². The zero-order valence-corrected chi connectivity index (χ0v) is 13.3. The highest BCUT2D eigenvalue weighted by atomic mass is 35.5. The summed E-state index contributed by atoms with van der Waals surface area (Å²) in [5.41, 5.74) is 1.66. The van der Waals surface area contributed by atoms with Crippen LogP contribution in [-0.2, 0) is 9.59 Å². The zero-order valence-electron chi connectivity index (χ0n) is 12.6. The fraction of sp³-hybridized carbons (Fsp3) is 0.500. The Morgan fingerprint density at radius 3 is 2.62 bits per heavy atom. The maximum absolute atomic E-state index is 12.2. The van der Waals surface area contributed by atoms with Crippen LogP contribution in [0.15, 0.2) is 18.2 Å². The molecule has 2 N–H and O–H groups in total. The molecule has 1 aromatic carbocycles. The van der Waals surface area contributed by atoms with Crippen molar-refractivity contribution in [3.63, 3.8) is 0 Å². The van der Waals surface area contributed by atoms with Gasteiger partial charge in [0.05, 0.1) is 11.8 Å². The Kier molecular flexibility index (Phi) is 4.88. The van der Waals surface area contributed by atoms with Crippen LogP contribution in [0.3, 0.4) is 0 Å². The topological polar surface area (TPSA) is 58.2 Å². The van der Waals surface area contributed by atoms with Crippen molar-refractivity contribution in [2.24, 2.45) is 11.8 Å². The number of anilines is 1. The van der Waals surface area contributed by atoms with Gasteiger partial charge in [-0.15, -0.1) is 0 Å². The highest BCUT2D eigenvalue weighted by Crippen LogP contribution is 2.39. The summed E-state index contributed by atoms with van der Waals surface area (Å²) in [6.45, 7) is 5.87. The van der Waals surface area contributed by atoms with Crippen LogP contribution in [0.25, 0.3) is 0 Å². The van der Waals surface area contributed by atoms with Gasteiger partial charge >= 0.3 is 0 Å². The molecular weight excluding hydrogens is 288 g/mol. The van der Waals surface area contributed by atoms with E-state index in [0.29, 0.717) is 11.4 Å². The lowest BCUT2D eigenvalue weighted by Crippen LogP contribution is -2.34. The quantitative estimate of drug-likeness (QED) is 0.878. The summed E-state index contributed by atoms with van der Waals surface area (Å²) in [6, 6.07) is 5.48. The molecule has 2 rings (SSSR count). The van der Waals surface area contributed by atoms with E-state index >= 15 is 0 Å². The van der Waals surface area contributed by atoms with Crippen molar-refractivity contribution in [3.05, 3.63) is 28.8 Å². The highest BCUT2D eigenvalue weighted by Gasteiger charge is 2.48. The van der Waals surface area contributed by atoms with Crippen LogP contribution in [0.2, 0.25) is 5.02 Å². The van der Waals surface area contributed by atoms with Crippen LogP contribution in [0.4, 0.5) is 5.69 Å². The van der Waals surface area contributed by atoms with Gasteiger partial charge in [0.15, 0.2) is 0 Å². The van der Waals surface area contributed by atoms with Gasteiger partial charge in [0.1, 0.15) is 0 Å². The summed E-state index contributed by atoms with van der Waals surface area (Å²) in [5.74, 6) is -0.516. The van der Waals surface area contributed by atoms with Gasteiger partial charge in [-0.05, 0) is 50.5 Å². The summed E-state index contributed by atoms with van der Waals surface area (Å²) in [7, 11) is 0. The van der Waals surface area contributed by atoms with Gasteiger partial charge in [-0.2, -0.15) is 0 Å². The molecule has 0 saturated heterocycles. The number of carbonyl (C=O) groups is 2. The van der Waals surface area contributed by atoms with E-state index in [2.05, 4.69) is 10.6 Å². The third-order valence-electron chi connectivity index (χ3n) is 3.91. The molecule has 0 bridgehead atoms. The monoisotopic (exact) mass is 308 g/mol. The predicted octanol–water partition coefficient (Wildman–Crippen LogP) is 3.14. The molecule has 0 aliphatic heterocycles. The fourth-order valence-electron chi connectivity index (χ4n) is 2.22. The molecule has 1 aliphatic rings. The summed E-state index contributed by atoms with van der Waals surface area (Å²) in [6.07, 6.45) is 1.51. The second kappa shape index (κ2) is 6.48. The Morgan fingerprint density at radius 2 is 2.00 bits per heavy atom. The predicted molar refractivity (Wildman–Crippen MR) is 84.3 cm³/mol. The maximum atomic E-state index is 12.2. The molecule has 4 nitrogen and oxygen atoms in total. The standard InChI is InChI=1S/C16H21ClN2O2/c1-4-10(3)18-15(20)12-8-13(12)16(21)19-14-6-5-11(17)7-9(14)2/h5-7,10,12-13H,4,8H2,1-3H3,(H,18,20)(H,19,21). The van der Waals surface area contributed by atoms with E-state index in [1.165, 1.54) is 0 Å². The van der Waals surface area contributed by atoms with Crippen molar-refractivity contribution in [1.82, 2.24) is 5.32 Å². The average molecular weight is 309 g/mol. The lowest BCUT2D eigenvalue weighted by atomic mass is 10.2. The van der Waals surface area contributed by atoms with Crippen LogP contribution in [0.5, 0.6) is 0 Å². The molecule has 2 amide bonds. The SMILES string of the molecule is CCC(C)NC(=O)C1CC1C(=O)Nc1ccc(Cl)cc1C. The fourth-order valence-corrected chi connectivity index (χ4v) is 2.45. The highest BCUT2D eigenvalue weighted by molar-refractivity contribution is 6.30. The molecule has 1 fully saturated rings. The number of carbonyl (C=O) groups excluding carboxylic acids is 2. The molecule has 1 aliphatic carbocycles. The van der Waals surface area contributed by atoms with Gasteiger partial charge in [-0.3, -0.25) is 9.59 Å². The van der Waals surface area contributed by atoms with E-state index in [4.69, 9.17) is 11.6 Å². The van der Waals surface area contributed by atoms with E-state index in [1.807, 2.05) is 20.8 Å². The van der Waals surface area contributed by atoms with E-state index in [9.17, 15) is 9.59 Å². The molecule has 114 valence electrons. The third-order valence-corrected chi connectivity index (χ3v) is 4.15. The lowest BCUT2D eigenvalue weighted by molar-refractivity contribution is -0.125. The molecule has 21 heavy (non-hydrogen) atoms. The summed E-state index contributed by atoms with van der Waals surface area (Å²) >= 11 is 5.89. The molecule has 1 saturated carbocycles. The Labute approximate surface area is 130 Å². The molecule has 0 radical (unpaired) electrons. The number of aryl methyl sites for hydroxylation is 1. The van der Waals surface area contributed by atoms with E-state index < -0.39 is 0 Å². The summed E-state index contributed by atoms with van der Waals surface area (Å²) < 4.78 is 0. The zero-order chi connectivity index (χ0) is 15.6. The van der Waals surface area contributed by atoms with Gasteiger partial charge < -0.3 is 10.6 Å². The minimum Gasteiger partial charge on any atom is -0.353 e. The third kappa shape index (κ3) is 3.97. The number of hydrogen-bond acceptors (Lipinski definition) is 2. The molecule has 0 heterocycles. The summed E-state index contributed by atoms with van der Waals surface area (Å²) in [4.78, 5) is 24.1. The van der Waals surface area contributed by atoms with Crippen molar-refractivity contribution in [1.29, 1.82) is 0 Å². The van der Waals surface area contributed by atoms with Crippen LogP contribution >= 0.6 is 11.6 Å². The van der Waals surface area contributed by atoms with Crippen molar-refractivity contribution in [2.75, 3.05) is 5.32 Å². The number of halogens is 1.